The van der Waals surface area contributed by atoms with Crippen molar-refractivity contribution in [3.8, 4) is 5.75 Å². The number of carbonyl (C=O) groups is 1. The van der Waals surface area contributed by atoms with Gasteiger partial charge in [-0.1, -0.05) is 0 Å². The highest BCUT2D eigenvalue weighted by Gasteiger charge is 2.23. The highest BCUT2D eigenvalue weighted by atomic mass is 127. The molecule has 1 aromatic carbocycles. The summed E-state index contributed by atoms with van der Waals surface area (Å²) < 4.78 is 0.580. The molecule has 1 rings (SSSR count). The number of ketones is 1. The molecule has 0 aromatic heterocycles. The lowest BCUT2D eigenvalue weighted by Gasteiger charge is -2.01. The lowest BCUT2D eigenvalue weighted by Crippen LogP contribution is -2.01. The SMILES string of the molecule is CC(=O)c1cc(I)cc(O)c1[N+](=O)[O-]. The largest absolute Gasteiger partial charge is 0.502 e. The molecule has 0 heterocycles. The number of nitrogens with zero attached hydrogens (tertiary/aromatic N) is 1. The Bertz CT molecular complexity index is 416. The summed E-state index contributed by atoms with van der Waals surface area (Å²) in [5.41, 5.74) is -0.600. The summed E-state index contributed by atoms with van der Waals surface area (Å²) in [6, 6.07) is 2.62. The molecule has 0 spiro atoms. The maximum Gasteiger partial charge on any atom is 0.321 e. The molecule has 14 heavy (non-hydrogen) atoms. The van der Waals surface area contributed by atoms with E-state index in [1.807, 2.05) is 22.6 Å². The van der Waals surface area contributed by atoms with Crippen molar-refractivity contribution in [1.29, 1.82) is 0 Å². The van der Waals surface area contributed by atoms with Crippen molar-refractivity contribution < 1.29 is 14.8 Å². The number of hydrogen-bond donors (Lipinski definition) is 1. The highest BCUT2D eigenvalue weighted by molar-refractivity contribution is 14.1. The monoisotopic (exact) mass is 307 g/mol. The van der Waals surface area contributed by atoms with Crippen molar-refractivity contribution in [2.45, 2.75) is 6.92 Å². The summed E-state index contributed by atoms with van der Waals surface area (Å²) in [6.45, 7) is 1.22. The van der Waals surface area contributed by atoms with Gasteiger partial charge in [0.25, 0.3) is 0 Å². The summed E-state index contributed by atoms with van der Waals surface area (Å²) in [4.78, 5) is 20.8. The number of benzene rings is 1. The van der Waals surface area contributed by atoms with Crippen LogP contribution in [0.5, 0.6) is 5.75 Å². The molecule has 0 aliphatic rings. The van der Waals surface area contributed by atoms with Gasteiger partial charge < -0.3 is 5.11 Å². The number of phenolic OH excluding ortho intramolecular Hbond substituents is 1. The van der Waals surface area contributed by atoms with E-state index in [-0.39, 0.29) is 5.56 Å². The van der Waals surface area contributed by atoms with Crippen molar-refractivity contribution in [3.63, 3.8) is 0 Å². The fourth-order valence-electron chi connectivity index (χ4n) is 1.05. The Morgan fingerprint density at radius 3 is 2.57 bits per heavy atom. The zero-order chi connectivity index (χ0) is 10.9. The number of aromatic hydroxyl groups is 1. The van der Waals surface area contributed by atoms with E-state index in [0.717, 1.165) is 0 Å². The van der Waals surface area contributed by atoms with Crippen LogP contribution in [-0.2, 0) is 0 Å². The molecule has 0 fully saturated rings. The second-order valence-corrected chi connectivity index (χ2v) is 3.88. The van der Waals surface area contributed by atoms with E-state index in [9.17, 15) is 20.0 Å². The molecule has 0 aliphatic heterocycles. The summed E-state index contributed by atoms with van der Waals surface area (Å²) in [7, 11) is 0. The van der Waals surface area contributed by atoms with Crippen LogP contribution in [0, 0.1) is 13.7 Å². The molecule has 0 saturated carbocycles. The Morgan fingerprint density at radius 1 is 1.57 bits per heavy atom. The van der Waals surface area contributed by atoms with E-state index in [1.54, 1.807) is 0 Å². The Kier molecular flexibility index (Phi) is 3.04. The average molecular weight is 307 g/mol. The number of phenols is 1. The van der Waals surface area contributed by atoms with Crippen molar-refractivity contribution in [3.05, 3.63) is 31.4 Å². The van der Waals surface area contributed by atoms with Gasteiger partial charge in [-0.2, -0.15) is 0 Å². The second kappa shape index (κ2) is 3.91. The minimum absolute atomic E-state index is 0.0700. The normalized spacial score (nSPS) is 9.86. The number of nitro benzene ring substituents is 1. The lowest BCUT2D eigenvalue weighted by atomic mass is 10.1. The van der Waals surface area contributed by atoms with Gasteiger partial charge in [0.2, 0.25) is 0 Å². The van der Waals surface area contributed by atoms with Gasteiger partial charge in [-0.15, -0.1) is 0 Å². The first-order valence-electron chi connectivity index (χ1n) is 3.61. The van der Waals surface area contributed by atoms with Gasteiger partial charge in [0.05, 0.1) is 4.92 Å². The topological polar surface area (TPSA) is 80.4 Å². The number of nitro groups is 1. The van der Waals surface area contributed by atoms with Crippen LogP contribution in [-0.4, -0.2) is 15.8 Å². The van der Waals surface area contributed by atoms with Crippen molar-refractivity contribution >= 4 is 34.1 Å². The van der Waals surface area contributed by atoms with Crippen LogP contribution in [0.4, 0.5) is 5.69 Å². The number of hydrogen-bond acceptors (Lipinski definition) is 4. The average Bonchev–Trinajstić information content (AvgIpc) is 2.01. The fraction of sp³-hybridized carbons (Fsp3) is 0.125. The van der Waals surface area contributed by atoms with Gasteiger partial charge in [0.15, 0.2) is 11.5 Å². The maximum atomic E-state index is 11.1. The molecule has 74 valence electrons. The van der Waals surface area contributed by atoms with Gasteiger partial charge >= 0.3 is 5.69 Å². The Balaban J connectivity index is 3.52. The quantitative estimate of drug-likeness (QED) is 0.393. The lowest BCUT2D eigenvalue weighted by molar-refractivity contribution is -0.386. The molecule has 1 N–H and O–H groups in total. The van der Waals surface area contributed by atoms with Gasteiger partial charge in [-0.05, 0) is 35.6 Å². The number of carbonyl (C=O) groups excluding carboxylic acids is 1. The third kappa shape index (κ3) is 2.00. The minimum Gasteiger partial charge on any atom is -0.502 e. The van der Waals surface area contributed by atoms with E-state index < -0.39 is 22.1 Å². The van der Waals surface area contributed by atoms with Crippen LogP contribution in [0.2, 0.25) is 0 Å². The molecule has 0 atom stereocenters. The molecular formula is C8H6INO4. The Morgan fingerprint density at radius 2 is 2.14 bits per heavy atom. The summed E-state index contributed by atoms with van der Waals surface area (Å²) in [6.07, 6.45) is 0. The van der Waals surface area contributed by atoms with Gasteiger partial charge in [-0.25, -0.2) is 0 Å². The standard InChI is InChI=1S/C8H6INO4/c1-4(11)6-2-5(9)3-7(12)8(6)10(13)14/h2-3,12H,1H3. The molecule has 6 heteroatoms. The van der Waals surface area contributed by atoms with Crippen molar-refractivity contribution in [2.24, 2.45) is 0 Å². The third-order valence-corrected chi connectivity index (χ3v) is 2.24. The van der Waals surface area contributed by atoms with E-state index in [1.165, 1.54) is 19.1 Å². The van der Waals surface area contributed by atoms with Gasteiger partial charge in [0.1, 0.15) is 5.56 Å². The maximum absolute atomic E-state index is 11.1. The molecule has 0 radical (unpaired) electrons. The van der Waals surface area contributed by atoms with Crippen LogP contribution in [0.3, 0.4) is 0 Å². The zero-order valence-corrected chi connectivity index (χ0v) is 9.31. The first-order chi connectivity index (χ1) is 6.43. The number of rotatable bonds is 2. The van der Waals surface area contributed by atoms with E-state index in [0.29, 0.717) is 3.57 Å². The molecule has 0 bridgehead atoms. The first-order valence-corrected chi connectivity index (χ1v) is 4.69. The van der Waals surface area contributed by atoms with Gasteiger partial charge in [-0.3, -0.25) is 14.9 Å². The Hall–Kier alpha value is -1.18. The predicted molar refractivity (Wildman–Crippen MR) is 57.5 cm³/mol. The predicted octanol–water partition coefficient (Wildman–Crippen LogP) is 2.11. The van der Waals surface area contributed by atoms with Crippen molar-refractivity contribution in [1.82, 2.24) is 0 Å². The van der Waals surface area contributed by atoms with Crippen LogP contribution >= 0.6 is 22.6 Å². The van der Waals surface area contributed by atoms with E-state index in [2.05, 4.69) is 0 Å². The number of Topliss-reactive ketones (excluding diaryl/α,β-unsaturated/α-hetero) is 1. The fourth-order valence-corrected chi connectivity index (χ4v) is 1.65. The summed E-state index contributed by atoms with van der Waals surface area (Å²) in [5.74, 6) is -0.919. The van der Waals surface area contributed by atoms with Crippen LogP contribution < -0.4 is 0 Å². The third-order valence-electron chi connectivity index (χ3n) is 1.62. The van der Waals surface area contributed by atoms with Crippen LogP contribution in [0.1, 0.15) is 17.3 Å². The smallest absolute Gasteiger partial charge is 0.321 e. The number of halogens is 1. The molecule has 0 unspecified atom stereocenters. The Labute approximate surface area is 93.0 Å². The summed E-state index contributed by atoms with van der Waals surface area (Å²) in [5, 5.41) is 19.8. The summed E-state index contributed by atoms with van der Waals surface area (Å²) >= 11 is 1.87. The zero-order valence-electron chi connectivity index (χ0n) is 7.15. The van der Waals surface area contributed by atoms with Gasteiger partial charge in [0, 0.05) is 9.64 Å². The molecule has 0 saturated heterocycles. The molecule has 0 amide bonds. The van der Waals surface area contributed by atoms with Crippen molar-refractivity contribution in [2.75, 3.05) is 0 Å². The highest BCUT2D eigenvalue weighted by Crippen LogP contribution is 2.32. The van der Waals surface area contributed by atoms with Crippen LogP contribution in [0.15, 0.2) is 12.1 Å². The van der Waals surface area contributed by atoms with E-state index >= 15 is 0 Å². The van der Waals surface area contributed by atoms with Crippen LogP contribution in [0.25, 0.3) is 0 Å². The molecular weight excluding hydrogens is 301 g/mol. The van der Waals surface area contributed by atoms with E-state index in [4.69, 9.17) is 0 Å². The minimum atomic E-state index is -0.762. The second-order valence-electron chi connectivity index (χ2n) is 2.63. The molecule has 5 nitrogen and oxygen atoms in total. The molecule has 1 aromatic rings. The molecule has 0 aliphatic carbocycles. The first kappa shape index (κ1) is 10.9.